The van der Waals surface area contributed by atoms with E-state index in [-0.39, 0.29) is 10.6 Å². The number of benzene rings is 2. The lowest BCUT2D eigenvalue weighted by molar-refractivity contribution is 0.415. The Kier molecular flexibility index (Phi) is 4.43. The third-order valence-corrected chi connectivity index (χ3v) is 5.38. The first-order valence-corrected chi connectivity index (χ1v) is 8.27. The van der Waals surface area contributed by atoms with Gasteiger partial charge in [0.15, 0.2) is 0 Å². The molecule has 0 aromatic heterocycles. The van der Waals surface area contributed by atoms with Crippen molar-refractivity contribution in [3.05, 3.63) is 46.9 Å². The molecule has 7 heteroatoms. The van der Waals surface area contributed by atoms with E-state index in [9.17, 15) is 8.42 Å². The van der Waals surface area contributed by atoms with Crippen LogP contribution in [-0.2, 0) is 10.0 Å². The molecule has 0 aliphatic rings. The molecule has 0 radical (unpaired) electrons. The smallest absolute Gasteiger partial charge is 0.266 e. The van der Waals surface area contributed by atoms with Crippen molar-refractivity contribution in [2.75, 3.05) is 24.2 Å². The monoisotopic (exact) mass is 370 g/mol. The van der Waals surface area contributed by atoms with Crippen molar-refractivity contribution in [3.63, 3.8) is 0 Å². The van der Waals surface area contributed by atoms with Gasteiger partial charge in [-0.1, -0.05) is 15.9 Å². The van der Waals surface area contributed by atoms with Gasteiger partial charge in [-0.05, 0) is 42.5 Å². The van der Waals surface area contributed by atoms with Gasteiger partial charge in [-0.15, -0.1) is 0 Å². The highest BCUT2D eigenvalue weighted by Gasteiger charge is 2.24. The summed E-state index contributed by atoms with van der Waals surface area (Å²) in [5.74, 6) is 0.659. The SMILES string of the molecule is COc1ccc(N(C)S(=O)(=O)c2cc(Br)ccc2N)cc1. The maximum absolute atomic E-state index is 12.7. The summed E-state index contributed by atoms with van der Waals surface area (Å²) in [5, 5.41) is 0. The Morgan fingerprint density at radius 3 is 2.33 bits per heavy atom. The number of rotatable bonds is 4. The molecule has 2 N–H and O–H groups in total. The van der Waals surface area contributed by atoms with Gasteiger partial charge in [0.05, 0.1) is 18.5 Å². The summed E-state index contributed by atoms with van der Waals surface area (Å²) in [6.07, 6.45) is 0. The molecule has 0 heterocycles. The molecule has 0 bridgehead atoms. The predicted octanol–water partition coefficient (Wildman–Crippen LogP) is 2.87. The largest absolute Gasteiger partial charge is 0.497 e. The Balaban J connectivity index is 2.44. The van der Waals surface area contributed by atoms with Crippen molar-refractivity contribution in [3.8, 4) is 5.75 Å². The summed E-state index contributed by atoms with van der Waals surface area (Å²) in [7, 11) is -0.690. The minimum absolute atomic E-state index is 0.0650. The molecule has 0 saturated carbocycles. The van der Waals surface area contributed by atoms with Crippen molar-refractivity contribution in [2.24, 2.45) is 0 Å². The van der Waals surface area contributed by atoms with Crippen LogP contribution in [0.15, 0.2) is 51.8 Å². The van der Waals surface area contributed by atoms with Crippen molar-refractivity contribution in [2.45, 2.75) is 4.90 Å². The van der Waals surface area contributed by atoms with Gasteiger partial charge in [0.1, 0.15) is 10.6 Å². The number of hydrogen-bond donors (Lipinski definition) is 1. The van der Waals surface area contributed by atoms with Crippen molar-refractivity contribution in [1.82, 2.24) is 0 Å². The lowest BCUT2D eigenvalue weighted by Crippen LogP contribution is -2.27. The van der Waals surface area contributed by atoms with E-state index >= 15 is 0 Å². The molecular weight excluding hydrogens is 356 g/mol. The highest BCUT2D eigenvalue weighted by Crippen LogP contribution is 2.29. The third-order valence-electron chi connectivity index (χ3n) is 3.05. The van der Waals surface area contributed by atoms with E-state index in [2.05, 4.69) is 15.9 Å². The summed E-state index contributed by atoms with van der Waals surface area (Å²) in [6, 6.07) is 11.5. The van der Waals surface area contributed by atoms with Crippen LogP contribution in [0.25, 0.3) is 0 Å². The Morgan fingerprint density at radius 1 is 1.14 bits per heavy atom. The number of halogens is 1. The van der Waals surface area contributed by atoms with Crippen LogP contribution in [0, 0.1) is 0 Å². The molecule has 5 nitrogen and oxygen atoms in total. The molecule has 21 heavy (non-hydrogen) atoms. The highest BCUT2D eigenvalue weighted by molar-refractivity contribution is 9.10. The summed E-state index contributed by atoms with van der Waals surface area (Å²) in [4.78, 5) is 0.0650. The number of nitrogens with two attached hydrogens (primary N) is 1. The standard InChI is InChI=1S/C14H15BrN2O3S/c1-17(11-4-6-12(20-2)7-5-11)21(18,19)14-9-10(15)3-8-13(14)16/h3-9H,16H2,1-2H3. The van der Waals surface area contributed by atoms with E-state index in [0.717, 1.165) is 0 Å². The first kappa shape index (κ1) is 15.7. The fraction of sp³-hybridized carbons (Fsp3) is 0.143. The van der Waals surface area contributed by atoms with Crippen molar-refractivity contribution >= 4 is 37.3 Å². The van der Waals surface area contributed by atoms with E-state index in [1.165, 1.54) is 17.4 Å². The van der Waals surface area contributed by atoms with Crippen LogP contribution in [-0.4, -0.2) is 22.6 Å². The minimum atomic E-state index is -3.73. The van der Waals surface area contributed by atoms with E-state index in [4.69, 9.17) is 10.5 Å². The molecule has 2 aromatic carbocycles. The second-order valence-corrected chi connectivity index (χ2v) is 7.21. The van der Waals surface area contributed by atoms with Crippen LogP contribution in [0.2, 0.25) is 0 Å². The van der Waals surface area contributed by atoms with Crippen LogP contribution < -0.4 is 14.8 Å². The topological polar surface area (TPSA) is 72.6 Å². The molecule has 0 atom stereocenters. The average molecular weight is 371 g/mol. The van der Waals surface area contributed by atoms with E-state index in [1.54, 1.807) is 43.5 Å². The Morgan fingerprint density at radius 2 is 1.76 bits per heavy atom. The molecule has 2 aromatic rings. The number of ether oxygens (including phenoxy) is 1. The summed E-state index contributed by atoms with van der Waals surface area (Å²) in [6.45, 7) is 0. The molecule has 112 valence electrons. The van der Waals surface area contributed by atoms with Crippen LogP contribution in [0.5, 0.6) is 5.75 Å². The van der Waals surface area contributed by atoms with Crippen LogP contribution in [0.1, 0.15) is 0 Å². The quantitative estimate of drug-likeness (QED) is 0.839. The number of anilines is 2. The molecule has 0 amide bonds. The average Bonchev–Trinajstić information content (AvgIpc) is 2.49. The number of sulfonamides is 1. The molecule has 0 saturated heterocycles. The second kappa shape index (κ2) is 5.95. The summed E-state index contributed by atoms with van der Waals surface area (Å²) < 4.78 is 32.2. The molecule has 0 fully saturated rings. The van der Waals surface area contributed by atoms with Gasteiger partial charge in [0, 0.05) is 11.5 Å². The van der Waals surface area contributed by atoms with Gasteiger partial charge in [-0.3, -0.25) is 4.31 Å². The van der Waals surface area contributed by atoms with E-state index in [1.807, 2.05) is 0 Å². The minimum Gasteiger partial charge on any atom is -0.497 e. The highest BCUT2D eigenvalue weighted by atomic mass is 79.9. The predicted molar refractivity (Wildman–Crippen MR) is 87.1 cm³/mol. The van der Waals surface area contributed by atoms with E-state index in [0.29, 0.717) is 15.9 Å². The second-order valence-electron chi connectivity index (χ2n) is 4.35. The number of nitrogens with zero attached hydrogens (tertiary/aromatic N) is 1. The number of hydrogen-bond acceptors (Lipinski definition) is 4. The Hall–Kier alpha value is -1.73. The maximum atomic E-state index is 12.7. The molecule has 0 aliphatic heterocycles. The summed E-state index contributed by atoms with van der Waals surface area (Å²) in [5.41, 5.74) is 6.52. The maximum Gasteiger partial charge on any atom is 0.266 e. The van der Waals surface area contributed by atoms with Crippen molar-refractivity contribution < 1.29 is 13.2 Å². The lowest BCUT2D eigenvalue weighted by Gasteiger charge is -2.20. The number of nitrogen functional groups attached to an aromatic ring is 1. The first-order valence-electron chi connectivity index (χ1n) is 6.04. The first-order chi connectivity index (χ1) is 9.86. The third kappa shape index (κ3) is 3.14. The van der Waals surface area contributed by atoms with E-state index < -0.39 is 10.0 Å². The zero-order valence-corrected chi connectivity index (χ0v) is 14.0. The molecule has 0 spiro atoms. The van der Waals surface area contributed by atoms with Gasteiger partial charge in [-0.2, -0.15) is 0 Å². The van der Waals surface area contributed by atoms with Crippen LogP contribution >= 0.6 is 15.9 Å². The Labute approximate surface area is 132 Å². The van der Waals surface area contributed by atoms with Crippen LogP contribution in [0.4, 0.5) is 11.4 Å². The van der Waals surface area contributed by atoms with Gasteiger partial charge >= 0.3 is 0 Å². The normalized spacial score (nSPS) is 11.2. The zero-order chi connectivity index (χ0) is 15.6. The molecule has 0 aliphatic carbocycles. The number of methoxy groups -OCH3 is 1. The van der Waals surface area contributed by atoms with Crippen molar-refractivity contribution in [1.29, 1.82) is 0 Å². The van der Waals surface area contributed by atoms with Gasteiger partial charge in [-0.25, -0.2) is 8.42 Å². The Bertz CT molecular complexity index is 745. The fourth-order valence-corrected chi connectivity index (χ4v) is 3.66. The van der Waals surface area contributed by atoms with Gasteiger partial charge in [0.25, 0.3) is 10.0 Å². The molecular formula is C14H15BrN2O3S. The van der Waals surface area contributed by atoms with Gasteiger partial charge in [0.2, 0.25) is 0 Å². The lowest BCUT2D eigenvalue weighted by atomic mass is 10.3. The molecule has 0 unspecified atom stereocenters. The van der Waals surface area contributed by atoms with Gasteiger partial charge < -0.3 is 10.5 Å². The van der Waals surface area contributed by atoms with Crippen LogP contribution in [0.3, 0.4) is 0 Å². The zero-order valence-electron chi connectivity index (χ0n) is 11.6. The fourth-order valence-electron chi connectivity index (χ4n) is 1.81. The molecule has 2 rings (SSSR count). The summed E-state index contributed by atoms with van der Waals surface area (Å²) >= 11 is 3.26.